The lowest BCUT2D eigenvalue weighted by atomic mass is 9.91. The Hall–Kier alpha value is -2.22. The molecule has 0 amide bonds. The van der Waals surface area contributed by atoms with Gasteiger partial charge in [-0.1, -0.05) is 30.3 Å². The van der Waals surface area contributed by atoms with E-state index in [4.69, 9.17) is 0 Å². The molecule has 0 radical (unpaired) electrons. The third-order valence-electron chi connectivity index (χ3n) is 6.19. The van der Waals surface area contributed by atoms with Crippen molar-refractivity contribution in [1.29, 1.82) is 0 Å². The lowest BCUT2D eigenvalue weighted by molar-refractivity contribution is 0.0355. The van der Waals surface area contributed by atoms with Crippen molar-refractivity contribution in [2.45, 2.75) is 24.9 Å². The van der Waals surface area contributed by atoms with Crippen LogP contribution < -0.4 is 4.72 Å². The number of hydrogen-bond donors (Lipinski definition) is 2. The molecule has 2 N–H and O–H groups in total. The molecule has 1 saturated carbocycles. The number of hydrogen-bond acceptors (Lipinski definition) is 5. The Kier molecular flexibility index (Phi) is 5.70. The first-order chi connectivity index (χ1) is 14.2. The van der Waals surface area contributed by atoms with Gasteiger partial charge in [-0.05, 0) is 54.5 Å². The molecular formula is C23H28N2O4S. The summed E-state index contributed by atoms with van der Waals surface area (Å²) in [6.07, 6.45) is 3.34. The zero-order chi connectivity index (χ0) is 21.4. The van der Waals surface area contributed by atoms with Crippen molar-refractivity contribution >= 4 is 21.5 Å². The van der Waals surface area contributed by atoms with Crippen LogP contribution in [0.25, 0.3) is 0 Å². The molecule has 2 aromatic rings. The van der Waals surface area contributed by atoms with Crippen LogP contribution in [0.3, 0.4) is 0 Å². The predicted octanol–water partition coefficient (Wildman–Crippen LogP) is 2.56. The van der Waals surface area contributed by atoms with Crippen molar-refractivity contribution in [3.8, 4) is 0 Å². The van der Waals surface area contributed by atoms with Crippen LogP contribution in [0.15, 0.2) is 54.6 Å². The molecule has 7 heteroatoms. The topological polar surface area (TPSA) is 86.7 Å². The Morgan fingerprint density at radius 3 is 2.23 bits per heavy atom. The van der Waals surface area contributed by atoms with Crippen molar-refractivity contribution in [2.75, 3.05) is 30.6 Å². The van der Waals surface area contributed by atoms with Crippen LogP contribution in [0.5, 0.6) is 0 Å². The third kappa shape index (κ3) is 5.09. The number of benzene rings is 2. The molecule has 0 unspecified atom stereocenters. The van der Waals surface area contributed by atoms with E-state index in [0.717, 1.165) is 32.2 Å². The Morgan fingerprint density at radius 2 is 1.67 bits per heavy atom. The molecule has 6 nitrogen and oxygen atoms in total. The largest absolute Gasteiger partial charge is 0.390 e. The second-order valence-corrected chi connectivity index (χ2v) is 10.6. The highest BCUT2D eigenvalue weighted by atomic mass is 32.2. The standard InChI is InChI=1S/C23H28N2O4S/c1-30(28,29)24-21-9-7-18(8-10-21)22(26)16-25-14-19-12-23(27,13-20(19)15-25)11-17-5-3-2-4-6-17/h2-10,19-20,24,27H,11-16H2,1H3/t19-,20+,23+. The summed E-state index contributed by atoms with van der Waals surface area (Å²) in [6.45, 7) is 2.02. The molecule has 1 heterocycles. The smallest absolute Gasteiger partial charge is 0.229 e. The number of nitrogens with one attached hydrogen (secondary N) is 1. The van der Waals surface area contributed by atoms with Gasteiger partial charge in [-0.15, -0.1) is 0 Å². The molecule has 2 aromatic carbocycles. The maximum Gasteiger partial charge on any atom is 0.229 e. The van der Waals surface area contributed by atoms with Crippen LogP contribution in [-0.4, -0.2) is 55.7 Å². The Morgan fingerprint density at radius 1 is 1.07 bits per heavy atom. The number of likely N-dealkylation sites (tertiary alicyclic amines) is 1. The van der Waals surface area contributed by atoms with Gasteiger partial charge in [-0.3, -0.25) is 14.4 Å². The van der Waals surface area contributed by atoms with Gasteiger partial charge in [0.1, 0.15) is 0 Å². The molecular weight excluding hydrogens is 400 g/mol. The fourth-order valence-corrected chi connectivity index (χ4v) is 5.60. The number of fused-ring (bicyclic) bond motifs is 1. The van der Waals surface area contributed by atoms with Gasteiger partial charge in [0.05, 0.1) is 18.4 Å². The molecule has 2 fully saturated rings. The van der Waals surface area contributed by atoms with Crippen LogP contribution in [0.2, 0.25) is 0 Å². The quantitative estimate of drug-likeness (QED) is 0.662. The zero-order valence-electron chi connectivity index (χ0n) is 17.1. The number of sulfonamides is 1. The van der Waals surface area contributed by atoms with Crippen molar-refractivity contribution in [2.24, 2.45) is 11.8 Å². The molecule has 30 heavy (non-hydrogen) atoms. The molecule has 1 saturated heterocycles. The summed E-state index contributed by atoms with van der Waals surface area (Å²) in [6, 6.07) is 16.7. The van der Waals surface area contributed by atoms with E-state index in [9.17, 15) is 18.3 Å². The Bertz CT molecular complexity index is 991. The zero-order valence-corrected chi connectivity index (χ0v) is 17.9. The highest BCUT2D eigenvalue weighted by Gasteiger charge is 2.48. The second kappa shape index (κ2) is 8.13. The van der Waals surface area contributed by atoms with Gasteiger partial charge in [0, 0.05) is 30.8 Å². The molecule has 0 bridgehead atoms. The van der Waals surface area contributed by atoms with E-state index in [1.807, 2.05) is 18.2 Å². The summed E-state index contributed by atoms with van der Waals surface area (Å²) >= 11 is 0. The maximum absolute atomic E-state index is 12.7. The lowest BCUT2D eigenvalue weighted by Gasteiger charge is -2.26. The summed E-state index contributed by atoms with van der Waals surface area (Å²) in [5, 5.41) is 11.1. The number of nitrogens with zero attached hydrogens (tertiary/aromatic N) is 1. The summed E-state index contributed by atoms with van der Waals surface area (Å²) in [4.78, 5) is 14.8. The molecule has 4 rings (SSSR count). The number of aliphatic hydroxyl groups is 1. The maximum atomic E-state index is 12.7. The van der Waals surface area contributed by atoms with E-state index in [-0.39, 0.29) is 5.78 Å². The molecule has 1 aliphatic heterocycles. The first kappa shape index (κ1) is 21.0. The molecule has 2 aliphatic rings. The van der Waals surface area contributed by atoms with E-state index in [1.165, 1.54) is 5.56 Å². The summed E-state index contributed by atoms with van der Waals surface area (Å²) in [7, 11) is -3.33. The van der Waals surface area contributed by atoms with E-state index in [0.29, 0.717) is 36.1 Å². The number of rotatable bonds is 7. The highest BCUT2D eigenvalue weighted by molar-refractivity contribution is 7.92. The predicted molar refractivity (Wildman–Crippen MR) is 117 cm³/mol. The fourth-order valence-electron chi connectivity index (χ4n) is 5.04. The number of carbonyl (C=O) groups excluding carboxylic acids is 1. The molecule has 160 valence electrons. The van der Waals surface area contributed by atoms with Gasteiger partial charge < -0.3 is 5.11 Å². The van der Waals surface area contributed by atoms with Crippen molar-refractivity contribution < 1.29 is 18.3 Å². The van der Waals surface area contributed by atoms with Gasteiger partial charge >= 0.3 is 0 Å². The van der Waals surface area contributed by atoms with Gasteiger partial charge in [0.15, 0.2) is 5.78 Å². The number of ketones is 1. The molecule has 0 spiro atoms. The average Bonchev–Trinajstić information content (AvgIpc) is 3.15. The second-order valence-electron chi connectivity index (χ2n) is 8.88. The minimum atomic E-state index is -3.33. The van der Waals surface area contributed by atoms with Crippen LogP contribution in [0.1, 0.15) is 28.8 Å². The van der Waals surface area contributed by atoms with Crippen LogP contribution >= 0.6 is 0 Å². The third-order valence-corrected chi connectivity index (χ3v) is 6.80. The van der Waals surface area contributed by atoms with Gasteiger partial charge in [0.2, 0.25) is 10.0 Å². The van der Waals surface area contributed by atoms with Crippen molar-refractivity contribution in [3.63, 3.8) is 0 Å². The first-order valence-corrected chi connectivity index (χ1v) is 12.2. The summed E-state index contributed by atoms with van der Waals surface area (Å²) < 4.78 is 25.0. The summed E-state index contributed by atoms with van der Waals surface area (Å²) in [5.74, 6) is 0.876. The van der Waals surface area contributed by atoms with E-state index < -0.39 is 15.6 Å². The molecule has 0 aromatic heterocycles. The first-order valence-electron chi connectivity index (χ1n) is 10.3. The number of carbonyl (C=O) groups is 1. The van der Waals surface area contributed by atoms with E-state index >= 15 is 0 Å². The van der Waals surface area contributed by atoms with E-state index in [2.05, 4.69) is 21.8 Å². The normalized spacial score (nSPS) is 26.5. The van der Waals surface area contributed by atoms with E-state index in [1.54, 1.807) is 24.3 Å². The number of Topliss-reactive ketones (excluding diaryl/α,β-unsaturated/α-hetero) is 1. The van der Waals surface area contributed by atoms with Crippen LogP contribution in [-0.2, 0) is 16.4 Å². The Labute approximate surface area is 178 Å². The van der Waals surface area contributed by atoms with Crippen molar-refractivity contribution in [1.82, 2.24) is 4.90 Å². The van der Waals surface area contributed by atoms with Crippen molar-refractivity contribution in [3.05, 3.63) is 65.7 Å². The minimum absolute atomic E-state index is 0.0282. The van der Waals surface area contributed by atoms with Gasteiger partial charge in [-0.25, -0.2) is 8.42 Å². The summed E-state index contributed by atoms with van der Waals surface area (Å²) in [5.41, 5.74) is 1.55. The van der Waals surface area contributed by atoms with Gasteiger partial charge in [0.25, 0.3) is 0 Å². The SMILES string of the molecule is CS(=O)(=O)Nc1ccc(C(=O)CN2C[C@@H]3C[C@](O)(Cc4ccccc4)C[C@@H]3C2)cc1. The fraction of sp³-hybridized carbons (Fsp3) is 0.435. The molecule has 3 atom stereocenters. The minimum Gasteiger partial charge on any atom is -0.390 e. The molecule has 1 aliphatic carbocycles. The van der Waals surface area contributed by atoms with Crippen LogP contribution in [0.4, 0.5) is 5.69 Å². The average molecular weight is 429 g/mol. The number of anilines is 1. The van der Waals surface area contributed by atoms with Gasteiger partial charge in [-0.2, -0.15) is 0 Å². The lowest BCUT2D eigenvalue weighted by Crippen LogP contribution is -2.34. The Balaban J connectivity index is 1.30. The van der Waals surface area contributed by atoms with Crippen LogP contribution in [0, 0.1) is 11.8 Å². The monoisotopic (exact) mass is 428 g/mol. The highest BCUT2D eigenvalue weighted by Crippen LogP contribution is 2.45.